The molecule has 0 aromatic heterocycles. The summed E-state index contributed by atoms with van der Waals surface area (Å²) in [7, 11) is 1.36. The van der Waals surface area contributed by atoms with Crippen molar-refractivity contribution in [2.24, 2.45) is 0 Å². The van der Waals surface area contributed by atoms with Crippen molar-refractivity contribution < 1.29 is 19.1 Å². The molecule has 3 rings (SSSR count). The van der Waals surface area contributed by atoms with Gasteiger partial charge in [0.05, 0.1) is 25.7 Å². The fraction of sp³-hybridized carbons (Fsp3) is 0.333. The van der Waals surface area contributed by atoms with Gasteiger partial charge in [-0.1, -0.05) is 6.07 Å². The lowest BCUT2D eigenvalue weighted by Gasteiger charge is -2.18. The van der Waals surface area contributed by atoms with E-state index in [-0.39, 0.29) is 11.9 Å². The fourth-order valence-corrected chi connectivity index (χ4v) is 3.31. The number of anilines is 1. The first-order valence-electron chi connectivity index (χ1n) is 8.70. The summed E-state index contributed by atoms with van der Waals surface area (Å²) < 4.78 is 10.5. The molecule has 1 amide bonds. The molecule has 1 aliphatic rings. The van der Waals surface area contributed by atoms with Crippen molar-refractivity contribution in [3.05, 3.63) is 58.7 Å². The zero-order valence-corrected chi connectivity index (χ0v) is 15.4. The lowest BCUT2D eigenvalue weighted by Crippen LogP contribution is -2.30. The number of methoxy groups -OCH3 is 1. The van der Waals surface area contributed by atoms with Crippen molar-refractivity contribution in [2.45, 2.75) is 26.7 Å². The van der Waals surface area contributed by atoms with Gasteiger partial charge in [0.15, 0.2) is 0 Å². The normalized spacial score (nSPS) is 12.7. The number of carbonyl (C=O) groups is 2. The van der Waals surface area contributed by atoms with Crippen LogP contribution < -0.4 is 9.64 Å². The van der Waals surface area contributed by atoms with Crippen LogP contribution >= 0.6 is 0 Å². The number of nitrogens with zero attached hydrogens (tertiary/aromatic N) is 1. The van der Waals surface area contributed by atoms with Crippen molar-refractivity contribution in [1.82, 2.24) is 0 Å². The molecular weight excluding hydrogens is 330 g/mol. The Labute approximate surface area is 153 Å². The summed E-state index contributed by atoms with van der Waals surface area (Å²) in [6, 6.07) is 11.3. The molecule has 0 aliphatic carbocycles. The number of ether oxygens (including phenoxy) is 2. The number of hydrogen-bond donors (Lipinski definition) is 0. The first-order chi connectivity index (χ1) is 12.5. The van der Waals surface area contributed by atoms with E-state index in [0.717, 1.165) is 34.5 Å². The molecule has 2 aromatic carbocycles. The Morgan fingerprint density at radius 1 is 1.08 bits per heavy atom. The summed E-state index contributed by atoms with van der Waals surface area (Å²) in [6.45, 7) is 5.01. The van der Waals surface area contributed by atoms with E-state index < -0.39 is 0 Å². The maximum atomic E-state index is 12.6. The van der Waals surface area contributed by atoms with Crippen LogP contribution in [0.25, 0.3) is 0 Å². The largest absolute Gasteiger partial charge is 0.493 e. The van der Waals surface area contributed by atoms with Crippen LogP contribution in [0.2, 0.25) is 0 Å². The van der Waals surface area contributed by atoms with Gasteiger partial charge in [-0.05, 0) is 67.3 Å². The number of fused-ring (bicyclic) bond motifs is 1. The highest BCUT2D eigenvalue weighted by molar-refractivity contribution is 5.97. The van der Waals surface area contributed by atoms with Gasteiger partial charge in [0.25, 0.3) is 0 Å². The minimum Gasteiger partial charge on any atom is -0.493 e. The van der Waals surface area contributed by atoms with Crippen LogP contribution in [0.1, 0.15) is 33.5 Å². The molecule has 0 saturated carbocycles. The predicted octanol–water partition coefficient (Wildman–Crippen LogP) is 3.45. The molecule has 0 fully saturated rings. The van der Waals surface area contributed by atoms with Crippen LogP contribution in [0.4, 0.5) is 5.69 Å². The molecule has 0 spiro atoms. The maximum Gasteiger partial charge on any atom is 0.337 e. The smallest absolute Gasteiger partial charge is 0.337 e. The third-order valence-corrected chi connectivity index (χ3v) is 4.48. The van der Waals surface area contributed by atoms with E-state index in [1.54, 1.807) is 17.0 Å². The number of carbonyl (C=O) groups excluding carboxylic acids is 2. The summed E-state index contributed by atoms with van der Waals surface area (Å²) in [5.41, 5.74) is 4.66. The van der Waals surface area contributed by atoms with Gasteiger partial charge in [0.2, 0.25) is 5.91 Å². The zero-order chi connectivity index (χ0) is 18.7. The van der Waals surface area contributed by atoms with Gasteiger partial charge in [0, 0.05) is 12.2 Å². The average Bonchev–Trinajstić information content (AvgIpc) is 3.03. The van der Waals surface area contributed by atoms with Gasteiger partial charge < -0.3 is 14.4 Å². The van der Waals surface area contributed by atoms with E-state index in [1.165, 1.54) is 7.11 Å². The Morgan fingerprint density at radius 2 is 1.81 bits per heavy atom. The van der Waals surface area contributed by atoms with Crippen LogP contribution in [0.15, 0.2) is 36.4 Å². The molecule has 5 nitrogen and oxygen atoms in total. The highest BCUT2D eigenvalue weighted by Crippen LogP contribution is 2.29. The maximum absolute atomic E-state index is 12.6. The standard InChI is InChI=1S/C21H23NO4/c1-14-10-15(2)12-18(11-14)26-9-7-20(23)22-8-6-16-13-17(21(24)25-3)4-5-19(16)22/h4-5,10-13H,6-9H2,1-3H3. The Kier molecular flexibility index (Phi) is 5.26. The van der Waals surface area contributed by atoms with Gasteiger partial charge >= 0.3 is 5.97 Å². The van der Waals surface area contributed by atoms with Gasteiger partial charge in [-0.3, -0.25) is 4.79 Å². The first-order valence-corrected chi connectivity index (χ1v) is 8.70. The molecule has 0 bridgehead atoms. The number of rotatable bonds is 5. The summed E-state index contributed by atoms with van der Waals surface area (Å²) >= 11 is 0. The van der Waals surface area contributed by atoms with Crippen molar-refractivity contribution in [2.75, 3.05) is 25.2 Å². The molecule has 136 valence electrons. The van der Waals surface area contributed by atoms with Crippen LogP contribution in [0, 0.1) is 13.8 Å². The first kappa shape index (κ1) is 18.0. The zero-order valence-electron chi connectivity index (χ0n) is 15.4. The second kappa shape index (κ2) is 7.60. The lowest BCUT2D eigenvalue weighted by molar-refractivity contribution is -0.119. The third kappa shape index (κ3) is 3.87. The highest BCUT2D eigenvalue weighted by atomic mass is 16.5. The molecule has 0 unspecified atom stereocenters. The molecule has 0 saturated heterocycles. The number of hydrogen-bond acceptors (Lipinski definition) is 4. The fourth-order valence-electron chi connectivity index (χ4n) is 3.31. The molecule has 2 aromatic rings. The molecule has 1 heterocycles. The van der Waals surface area contributed by atoms with Gasteiger partial charge in [-0.2, -0.15) is 0 Å². The second-order valence-corrected chi connectivity index (χ2v) is 6.55. The number of esters is 1. The van der Waals surface area contributed by atoms with Gasteiger partial charge in [-0.25, -0.2) is 4.79 Å². The van der Waals surface area contributed by atoms with Gasteiger partial charge in [0.1, 0.15) is 5.75 Å². The predicted molar refractivity (Wildman–Crippen MR) is 99.9 cm³/mol. The summed E-state index contributed by atoms with van der Waals surface area (Å²) in [6.07, 6.45) is 1.05. The van der Waals surface area contributed by atoms with E-state index in [2.05, 4.69) is 6.07 Å². The van der Waals surface area contributed by atoms with E-state index in [9.17, 15) is 9.59 Å². The lowest BCUT2D eigenvalue weighted by atomic mass is 10.1. The topological polar surface area (TPSA) is 55.8 Å². The van der Waals surface area contributed by atoms with E-state index in [0.29, 0.717) is 25.1 Å². The molecule has 0 atom stereocenters. The van der Waals surface area contributed by atoms with Crippen LogP contribution in [0.3, 0.4) is 0 Å². The van der Waals surface area contributed by atoms with E-state index in [4.69, 9.17) is 9.47 Å². The molecule has 26 heavy (non-hydrogen) atoms. The minimum atomic E-state index is -0.362. The molecule has 0 radical (unpaired) electrons. The number of aryl methyl sites for hydroxylation is 2. The Hall–Kier alpha value is -2.82. The van der Waals surface area contributed by atoms with Crippen molar-refractivity contribution in [1.29, 1.82) is 0 Å². The Morgan fingerprint density at radius 3 is 2.50 bits per heavy atom. The van der Waals surface area contributed by atoms with Crippen molar-refractivity contribution in [3.8, 4) is 5.75 Å². The van der Waals surface area contributed by atoms with Crippen LogP contribution in [0.5, 0.6) is 5.75 Å². The monoisotopic (exact) mass is 353 g/mol. The summed E-state index contributed by atoms with van der Waals surface area (Å²) in [5, 5.41) is 0. The van der Waals surface area contributed by atoms with Crippen molar-refractivity contribution >= 4 is 17.6 Å². The average molecular weight is 353 g/mol. The number of amides is 1. The number of benzene rings is 2. The summed E-state index contributed by atoms with van der Waals surface area (Å²) in [4.78, 5) is 26.0. The second-order valence-electron chi connectivity index (χ2n) is 6.55. The van der Waals surface area contributed by atoms with Crippen molar-refractivity contribution in [3.63, 3.8) is 0 Å². The van der Waals surface area contributed by atoms with Crippen LogP contribution in [-0.4, -0.2) is 32.1 Å². The van der Waals surface area contributed by atoms with Gasteiger partial charge in [-0.15, -0.1) is 0 Å². The summed E-state index contributed by atoms with van der Waals surface area (Å²) in [5.74, 6) is 0.457. The quantitative estimate of drug-likeness (QED) is 0.773. The minimum absolute atomic E-state index is 0.0268. The molecular formula is C21H23NO4. The molecule has 0 N–H and O–H groups in total. The van der Waals surface area contributed by atoms with E-state index >= 15 is 0 Å². The third-order valence-electron chi connectivity index (χ3n) is 4.48. The SMILES string of the molecule is COC(=O)c1ccc2c(c1)CCN2C(=O)CCOc1cc(C)cc(C)c1. The highest BCUT2D eigenvalue weighted by Gasteiger charge is 2.25. The Balaban J connectivity index is 1.61. The van der Waals surface area contributed by atoms with Crippen LogP contribution in [-0.2, 0) is 16.0 Å². The molecule has 1 aliphatic heterocycles. The Bertz CT molecular complexity index is 824. The molecule has 5 heteroatoms. The van der Waals surface area contributed by atoms with E-state index in [1.807, 2.05) is 32.0 Å².